The number of rotatable bonds is 5. The maximum Gasteiger partial charge on any atom is 0.339 e. The second-order valence-electron chi connectivity index (χ2n) is 5.66. The molecule has 1 saturated carbocycles. The molecule has 122 valence electrons. The highest BCUT2D eigenvalue weighted by Gasteiger charge is 2.30. The van der Waals surface area contributed by atoms with Gasteiger partial charge >= 0.3 is 5.97 Å². The Morgan fingerprint density at radius 1 is 1.42 bits per heavy atom. The topological polar surface area (TPSA) is 75.0 Å². The Kier molecular flexibility index (Phi) is 4.43. The van der Waals surface area contributed by atoms with Crippen LogP contribution in [-0.4, -0.2) is 18.1 Å². The van der Waals surface area contributed by atoms with Crippen LogP contribution in [0.3, 0.4) is 0 Å². The molecule has 2 aromatic rings. The van der Waals surface area contributed by atoms with Crippen LogP contribution in [0.4, 0.5) is 10.1 Å². The van der Waals surface area contributed by atoms with Gasteiger partial charge in [-0.05, 0) is 43.2 Å². The maximum absolute atomic E-state index is 13.9. The number of hydrogen-bond acceptors (Lipinski definition) is 5. The molecule has 1 fully saturated rings. The minimum atomic E-state index is -0.484. The summed E-state index contributed by atoms with van der Waals surface area (Å²) in [6.07, 6.45) is 2.02. The Hall–Kier alpha value is -2.94. The number of anilines is 1. The Morgan fingerprint density at radius 3 is 2.83 bits per heavy atom. The van der Waals surface area contributed by atoms with E-state index in [1.54, 1.807) is 18.2 Å². The molecule has 0 atom stereocenters. The van der Waals surface area contributed by atoms with Crippen molar-refractivity contribution in [2.45, 2.75) is 25.3 Å². The lowest BCUT2D eigenvalue weighted by Gasteiger charge is -2.11. The van der Waals surface area contributed by atoms with E-state index in [2.05, 4.69) is 10.3 Å². The molecule has 1 aliphatic rings. The summed E-state index contributed by atoms with van der Waals surface area (Å²) in [6.45, 7) is 0.323. The number of nitrogens with zero attached hydrogens (tertiary/aromatic N) is 2. The minimum Gasteiger partial charge on any atom is -0.465 e. The van der Waals surface area contributed by atoms with Crippen molar-refractivity contribution in [3.8, 4) is 6.07 Å². The van der Waals surface area contributed by atoms with E-state index in [0.29, 0.717) is 29.4 Å². The van der Waals surface area contributed by atoms with Gasteiger partial charge in [0.05, 0.1) is 47.9 Å². The van der Waals surface area contributed by atoms with E-state index in [4.69, 9.17) is 10.00 Å². The molecule has 0 spiro atoms. The number of benzene rings is 1. The van der Waals surface area contributed by atoms with Gasteiger partial charge in [-0.15, -0.1) is 0 Å². The van der Waals surface area contributed by atoms with Gasteiger partial charge in [0.25, 0.3) is 0 Å². The summed E-state index contributed by atoms with van der Waals surface area (Å²) < 4.78 is 18.7. The fourth-order valence-corrected chi connectivity index (χ4v) is 2.48. The molecule has 6 heteroatoms. The number of carbonyl (C=O) groups excluding carboxylic acids is 1. The highest BCUT2D eigenvalue weighted by molar-refractivity contribution is 5.90. The van der Waals surface area contributed by atoms with Crippen molar-refractivity contribution >= 4 is 11.7 Å². The molecule has 0 saturated heterocycles. The van der Waals surface area contributed by atoms with Gasteiger partial charge in [0, 0.05) is 5.92 Å². The summed E-state index contributed by atoms with van der Waals surface area (Å²) in [5.74, 6) is -0.574. The van der Waals surface area contributed by atoms with Gasteiger partial charge in [0.2, 0.25) is 0 Å². The maximum atomic E-state index is 13.9. The minimum absolute atomic E-state index is 0.273. The molecule has 1 N–H and O–H groups in total. The number of nitrogens with one attached hydrogen (secondary N) is 1. The van der Waals surface area contributed by atoms with Crippen LogP contribution in [0.5, 0.6) is 0 Å². The van der Waals surface area contributed by atoms with E-state index in [1.807, 2.05) is 6.07 Å². The van der Waals surface area contributed by atoms with Crippen molar-refractivity contribution in [2.75, 3.05) is 12.4 Å². The van der Waals surface area contributed by atoms with Crippen LogP contribution in [-0.2, 0) is 11.3 Å². The summed E-state index contributed by atoms with van der Waals surface area (Å²) in [6, 6.07) is 9.59. The molecule has 0 radical (unpaired) electrons. The third-order valence-electron chi connectivity index (χ3n) is 3.91. The quantitative estimate of drug-likeness (QED) is 0.853. The molecule has 1 aromatic heterocycles. The lowest BCUT2D eigenvalue weighted by molar-refractivity contribution is 0.0598. The molecular weight excluding hydrogens is 309 g/mol. The molecule has 1 aliphatic carbocycles. The molecule has 0 aliphatic heterocycles. The van der Waals surface area contributed by atoms with Gasteiger partial charge in [-0.3, -0.25) is 4.98 Å². The van der Waals surface area contributed by atoms with Gasteiger partial charge in [0.15, 0.2) is 0 Å². The van der Waals surface area contributed by atoms with Crippen molar-refractivity contribution < 1.29 is 13.9 Å². The molecule has 1 aromatic carbocycles. The first kappa shape index (κ1) is 15.9. The third kappa shape index (κ3) is 3.35. The van der Waals surface area contributed by atoms with Crippen LogP contribution in [0.2, 0.25) is 0 Å². The highest BCUT2D eigenvalue weighted by Crippen LogP contribution is 2.40. The van der Waals surface area contributed by atoms with Gasteiger partial charge in [-0.25, -0.2) is 9.18 Å². The van der Waals surface area contributed by atoms with E-state index >= 15 is 0 Å². The van der Waals surface area contributed by atoms with Gasteiger partial charge in [-0.1, -0.05) is 0 Å². The van der Waals surface area contributed by atoms with Gasteiger partial charge in [0.1, 0.15) is 5.82 Å². The summed E-state index contributed by atoms with van der Waals surface area (Å²) in [5, 5.41) is 11.7. The van der Waals surface area contributed by atoms with E-state index in [9.17, 15) is 9.18 Å². The molecule has 3 rings (SSSR count). The fraction of sp³-hybridized carbons (Fsp3) is 0.278. The number of methoxy groups -OCH3 is 1. The number of pyridine rings is 1. The molecule has 0 amide bonds. The van der Waals surface area contributed by atoms with Crippen molar-refractivity contribution in [3.05, 3.63) is 58.7 Å². The number of ether oxygens (including phenoxy) is 1. The Morgan fingerprint density at radius 2 is 2.21 bits per heavy atom. The van der Waals surface area contributed by atoms with E-state index in [1.165, 1.54) is 19.2 Å². The van der Waals surface area contributed by atoms with Gasteiger partial charge in [-0.2, -0.15) is 5.26 Å². The molecule has 0 bridgehead atoms. The lowest BCUT2D eigenvalue weighted by Crippen LogP contribution is -2.10. The van der Waals surface area contributed by atoms with Crippen molar-refractivity contribution in [1.29, 1.82) is 5.26 Å². The normalized spacial score (nSPS) is 13.2. The summed E-state index contributed by atoms with van der Waals surface area (Å²) >= 11 is 0. The molecule has 24 heavy (non-hydrogen) atoms. The zero-order chi connectivity index (χ0) is 17.1. The first-order chi connectivity index (χ1) is 11.6. The van der Waals surface area contributed by atoms with Crippen molar-refractivity contribution in [2.24, 2.45) is 0 Å². The third-order valence-corrected chi connectivity index (χ3v) is 3.91. The zero-order valence-electron chi connectivity index (χ0n) is 13.2. The number of carbonyl (C=O) groups is 1. The summed E-state index contributed by atoms with van der Waals surface area (Å²) in [7, 11) is 1.35. The second kappa shape index (κ2) is 6.67. The molecule has 1 heterocycles. The SMILES string of the molecule is COC(=O)c1ccc(CNc2ccc(C#N)cc2F)nc1C1CC1. The van der Waals surface area contributed by atoms with Crippen LogP contribution in [0.15, 0.2) is 30.3 Å². The number of esters is 1. The average molecular weight is 325 g/mol. The van der Waals surface area contributed by atoms with Crippen LogP contribution in [0.25, 0.3) is 0 Å². The standard InChI is InChI=1S/C18H16FN3O2/c1-24-18(23)14-6-5-13(22-17(14)12-3-4-12)10-21-16-7-2-11(9-20)8-15(16)19/h2,5-8,12,21H,3-4,10H2,1H3. The predicted molar refractivity (Wildman–Crippen MR) is 86.0 cm³/mol. The molecule has 0 unspecified atom stereocenters. The summed E-state index contributed by atoms with van der Waals surface area (Å²) in [4.78, 5) is 16.4. The fourth-order valence-electron chi connectivity index (χ4n) is 2.48. The van der Waals surface area contributed by atoms with Crippen LogP contribution < -0.4 is 5.32 Å². The van der Waals surface area contributed by atoms with Crippen LogP contribution >= 0.6 is 0 Å². The van der Waals surface area contributed by atoms with E-state index in [-0.39, 0.29) is 11.5 Å². The molecular formula is C18H16FN3O2. The number of hydrogen-bond donors (Lipinski definition) is 1. The Bertz CT molecular complexity index is 825. The summed E-state index contributed by atoms with van der Waals surface area (Å²) in [5.41, 5.74) is 2.54. The van der Waals surface area contributed by atoms with E-state index in [0.717, 1.165) is 18.5 Å². The van der Waals surface area contributed by atoms with Crippen LogP contribution in [0.1, 0.15) is 46.1 Å². The smallest absolute Gasteiger partial charge is 0.339 e. The van der Waals surface area contributed by atoms with Gasteiger partial charge < -0.3 is 10.1 Å². The number of aromatic nitrogens is 1. The van der Waals surface area contributed by atoms with E-state index < -0.39 is 5.82 Å². The van der Waals surface area contributed by atoms with Crippen LogP contribution in [0, 0.1) is 17.1 Å². The van der Waals surface area contributed by atoms with Crippen molar-refractivity contribution in [3.63, 3.8) is 0 Å². The first-order valence-corrected chi connectivity index (χ1v) is 7.64. The monoisotopic (exact) mass is 325 g/mol. The first-order valence-electron chi connectivity index (χ1n) is 7.64. The predicted octanol–water partition coefficient (Wildman–Crippen LogP) is 3.37. The number of nitriles is 1. The van der Waals surface area contributed by atoms with Crippen molar-refractivity contribution in [1.82, 2.24) is 4.98 Å². The molecule has 5 nitrogen and oxygen atoms in total. The Balaban J connectivity index is 1.77. The number of halogens is 1. The second-order valence-corrected chi connectivity index (χ2v) is 5.66. The zero-order valence-corrected chi connectivity index (χ0v) is 13.2. The lowest BCUT2D eigenvalue weighted by atomic mass is 10.1. The average Bonchev–Trinajstić information content (AvgIpc) is 3.44. The highest BCUT2D eigenvalue weighted by atomic mass is 19.1. The Labute approximate surface area is 139 Å². The largest absolute Gasteiger partial charge is 0.465 e.